The Kier molecular flexibility index (Phi) is 4.40. The molecule has 0 amide bonds. The molecule has 1 atom stereocenters. The van der Waals surface area contributed by atoms with Crippen LogP contribution >= 0.6 is 0 Å². The normalized spacial score (nSPS) is 14.6. The number of benzene rings is 1. The number of carboxylic acids is 1. The Labute approximate surface area is 104 Å². The van der Waals surface area contributed by atoms with Crippen molar-refractivity contribution in [2.24, 2.45) is 5.92 Å². The zero-order chi connectivity index (χ0) is 13.9. The van der Waals surface area contributed by atoms with Crippen LogP contribution in [0.25, 0.3) is 0 Å². The first kappa shape index (κ1) is 14.6. The minimum atomic E-state index is -1.69. The van der Waals surface area contributed by atoms with Crippen LogP contribution in [0.15, 0.2) is 18.2 Å². The van der Waals surface area contributed by atoms with Crippen molar-refractivity contribution in [1.82, 2.24) is 0 Å². The lowest BCUT2D eigenvalue weighted by Gasteiger charge is -2.29. The molecule has 0 bridgehead atoms. The van der Waals surface area contributed by atoms with E-state index in [4.69, 9.17) is 5.11 Å². The number of aliphatic carboxylic acids is 1. The second-order valence-corrected chi connectivity index (χ2v) is 4.83. The average Bonchev–Trinajstić information content (AvgIpc) is 2.19. The van der Waals surface area contributed by atoms with Gasteiger partial charge < -0.3 is 10.2 Å². The molecule has 5 heteroatoms. The van der Waals surface area contributed by atoms with Crippen LogP contribution in [0, 0.1) is 17.6 Å². The standard InChI is InChI=1S/C13H16F2O3/c1-8(2)6-13(18,7-12(16)17)9-3-4-10(14)11(15)5-9/h3-5,8,18H,6-7H2,1-2H3,(H,16,17). The summed E-state index contributed by atoms with van der Waals surface area (Å²) >= 11 is 0. The Morgan fingerprint density at radius 2 is 1.94 bits per heavy atom. The summed E-state index contributed by atoms with van der Waals surface area (Å²) in [7, 11) is 0. The fourth-order valence-electron chi connectivity index (χ4n) is 2.00. The van der Waals surface area contributed by atoms with Crippen molar-refractivity contribution in [3.63, 3.8) is 0 Å². The Morgan fingerprint density at radius 1 is 1.33 bits per heavy atom. The maximum atomic E-state index is 13.2. The van der Waals surface area contributed by atoms with Gasteiger partial charge in [0.1, 0.15) is 5.60 Å². The first-order chi connectivity index (χ1) is 8.24. The molecule has 18 heavy (non-hydrogen) atoms. The second kappa shape index (κ2) is 5.44. The van der Waals surface area contributed by atoms with Crippen LogP contribution in [0.2, 0.25) is 0 Å². The Balaban J connectivity index is 3.15. The van der Waals surface area contributed by atoms with E-state index >= 15 is 0 Å². The molecule has 1 unspecified atom stereocenters. The van der Waals surface area contributed by atoms with E-state index in [-0.39, 0.29) is 17.9 Å². The maximum Gasteiger partial charge on any atom is 0.306 e. The highest BCUT2D eigenvalue weighted by atomic mass is 19.2. The predicted molar refractivity (Wildman–Crippen MR) is 62.0 cm³/mol. The fourth-order valence-corrected chi connectivity index (χ4v) is 2.00. The average molecular weight is 258 g/mol. The molecule has 1 aromatic carbocycles. The molecular formula is C13H16F2O3. The summed E-state index contributed by atoms with van der Waals surface area (Å²) in [5, 5.41) is 19.2. The van der Waals surface area contributed by atoms with Gasteiger partial charge in [0.25, 0.3) is 0 Å². The third-order valence-electron chi connectivity index (χ3n) is 2.65. The van der Waals surface area contributed by atoms with E-state index in [1.807, 2.05) is 13.8 Å². The van der Waals surface area contributed by atoms with Crippen molar-refractivity contribution in [2.75, 3.05) is 0 Å². The number of rotatable bonds is 5. The molecule has 1 aromatic rings. The topological polar surface area (TPSA) is 57.5 Å². The minimum absolute atomic E-state index is 0.0162. The predicted octanol–water partition coefficient (Wildman–Crippen LogP) is 2.67. The van der Waals surface area contributed by atoms with Gasteiger partial charge in [-0.05, 0) is 30.0 Å². The highest BCUT2D eigenvalue weighted by molar-refractivity contribution is 5.68. The smallest absolute Gasteiger partial charge is 0.306 e. The van der Waals surface area contributed by atoms with Crippen molar-refractivity contribution in [3.05, 3.63) is 35.4 Å². The van der Waals surface area contributed by atoms with Crippen LogP contribution in [0.4, 0.5) is 8.78 Å². The Hall–Kier alpha value is -1.49. The van der Waals surface area contributed by atoms with Gasteiger partial charge in [0, 0.05) is 0 Å². The van der Waals surface area contributed by atoms with Crippen molar-refractivity contribution in [2.45, 2.75) is 32.3 Å². The van der Waals surface area contributed by atoms with Crippen molar-refractivity contribution in [1.29, 1.82) is 0 Å². The molecule has 0 fully saturated rings. The van der Waals surface area contributed by atoms with Gasteiger partial charge >= 0.3 is 5.97 Å². The van der Waals surface area contributed by atoms with Crippen LogP contribution in [0.1, 0.15) is 32.3 Å². The highest BCUT2D eigenvalue weighted by Gasteiger charge is 2.33. The minimum Gasteiger partial charge on any atom is -0.481 e. The molecule has 2 N–H and O–H groups in total. The first-order valence-corrected chi connectivity index (χ1v) is 5.64. The molecule has 0 aromatic heterocycles. The summed E-state index contributed by atoms with van der Waals surface area (Å²) in [6.45, 7) is 3.62. The first-order valence-electron chi connectivity index (χ1n) is 5.64. The summed E-state index contributed by atoms with van der Waals surface area (Å²) in [5.74, 6) is -3.30. The van der Waals surface area contributed by atoms with E-state index in [0.29, 0.717) is 0 Å². The summed E-state index contributed by atoms with van der Waals surface area (Å²) in [4.78, 5) is 10.8. The van der Waals surface area contributed by atoms with E-state index in [1.54, 1.807) is 0 Å². The number of aliphatic hydroxyl groups is 1. The number of hydrogen-bond acceptors (Lipinski definition) is 2. The monoisotopic (exact) mass is 258 g/mol. The molecule has 0 saturated heterocycles. The Bertz CT molecular complexity index is 446. The lowest BCUT2D eigenvalue weighted by atomic mass is 9.83. The van der Waals surface area contributed by atoms with Gasteiger partial charge in [-0.3, -0.25) is 4.79 Å². The van der Waals surface area contributed by atoms with E-state index in [2.05, 4.69) is 0 Å². The maximum absolute atomic E-state index is 13.2. The van der Waals surface area contributed by atoms with Crippen molar-refractivity contribution >= 4 is 5.97 Å². The molecule has 0 aliphatic heterocycles. The lowest BCUT2D eigenvalue weighted by molar-refractivity contribution is -0.143. The van der Waals surface area contributed by atoms with Crippen LogP contribution < -0.4 is 0 Å². The quantitative estimate of drug-likeness (QED) is 0.853. The highest BCUT2D eigenvalue weighted by Crippen LogP contribution is 2.32. The Morgan fingerprint density at radius 3 is 2.39 bits per heavy atom. The number of hydrogen-bond donors (Lipinski definition) is 2. The van der Waals surface area contributed by atoms with Crippen LogP contribution in [0.5, 0.6) is 0 Å². The van der Waals surface area contributed by atoms with Crippen LogP contribution in [0.3, 0.4) is 0 Å². The van der Waals surface area contributed by atoms with Gasteiger partial charge in [-0.25, -0.2) is 8.78 Å². The van der Waals surface area contributed by atoms with E-state index in [9.17, 15) is 18.7 Å². The third-order valence-corrected chi connectivity index (χ3v) is 2.65. The molecule has 0 saturated carbocycles. The zero-order valence-corrected chi connectivity index (χ0v) is 10.3. The molecule has 3 nitrogen and oxygen atoms in total. The molecule has 0 aliphatic rings. The van der Waals surface area contributed by atoms with E-state index in [0.717, 1.165) is 12.1 Å². The number of halogens is 2. The molecule has 0 spiro atoms. The molecule has 100 valence electrons. The molecular weight excluding hydrogens is 242 g/mol. The van der Waals surface area contributed by atoms with Gasteiger partial charge in [0.05, 0.1) is 6.42 Å². The summed E-state index contributed by atoms with van der Waals surface area (Å²) in [5.41, 5.74) is -1.60. The van der Waals surface area contributed by atoms with E-state index in [1.165, 1.54) is 6.07 Å². The van der Waals surface area contributed by atoms with Crippen molar-refractivity contribution in [3.8, 4) is 0 Å². The summed E-state index contributed by atoms with van der Waals surface area (Å²) in [6, 6.07) is 2.95. The van der Waals surface area contributed by atoms with Crippen LogP contribution in [-0.4, -0.2) is 16.2 Å². The van der Waals surface area contributed by atoms with Gasteiger partial charge in [0.2, 0.25) is 0 Å². The van der Waals surface area contributed by atoms with Gasteiger partial charge in [-0.2, -0.15) is 0 Å². The second-order valence-electron chi connectivity index (χ2n) is 4.83. The number of carbonyl (C=O) groups is 1. The molecule has 0 aliphatic carbocycles. The molecule has 0 heterocycles. The van der Waals surface area contributed by atoms with Gasteiger partial charge in [0.15, 0.2) is 11.6 Å². The fraction of sp³-hybridized carbons (Fsp3) is 0.462. The van der Waals surface area contributed by atoms with E-state index < -0.39 is 29.6 Å². The SMILES string of the molecule is CC(C)CC(O)(CC(=O)O)c1ccc(F)c(F)c1. The van der Waals surface area contributed by atoms with Gasteiger partial charge in [-0.1, -0.05) is 19.9 Å². The van der Waals surface area contributed by atoms with Crippen molar-refractivity contribution < 1.29 is 23.8 Å². The van der Waals surface area contributed by atoms with Crippen LogP contribution in [-0.2, 0) is 10.4 Å². The zero-order valence-electron chi connectivity index (χ0n) is 10.3. The molecule has 1 rings (SSSR count). The largest absolute Gasteiger partial charge is 0.481 e. The number of carboxylic acid groups (broad SMARTS) is 1. The summed E-state index contributed by atoms with van der Waals surface area (Å²) < 4.78 is 26.0. The third kappa shape index (κ3) is 3.50. The molecule has 0 radical (unpaired) electrons. The summed E-state index contributed by atoms with van der Waals surface area (Å²) in [6.07, 6.45) is -0.388. The van der Waals surface area contributed by atoms with Gasteiger partial charge in [-0.15, -0.1) is 0 Å². The lowest BCUT2D eigenvalue weighted by Crippen LogP contribution is -2.31.